The lowest BCUT2D eigenvalue weighted by molar-refractivity contribution is -0.723. The molecule has 0 fully saturated rings. The predicted octanol–water partition coefficient (Wildman–Crippen LogP) is 0.440. The third-order valence-electron chi connectivity index (χ3n) is 3.02. The Morgan fingerprint density at radius 2 is 2.13 bits per heavy atom. The van der Waals surface area contributed by atoms with Gasteiger partial charge in [-0.15, -0.1) is 0 Å². The van der Waals surface area contributed by atoms with Crippen molar-refractivity contribution in [3.8, 4) is 0 Å². The summed E-state index contributed by atoms with van der Waals surface area (Å²) in [6, 6.07) is 0. The van der Waals surface area contributed by atoms with E-state index in [2.05, 4.69) is 13.6 Å². The number of hydrogen-bond donors (Lipinski definition) is 0. The molecule has 1 nitrogen and oxygen atoms in total. The maximum Gasteiger partial charge on any atom is 0.138 e. The molecule has 84 valence electrons. The van der Waals surface area contributed by atoms with E-state index in [1.807, 2.05) is 18.0 Å². The zero-order valence-corrected chi connectivity index (χ0v) is 12.8. The van der Waals surface area contributed by atoms with Gasteiger partial charge < -0.3 is 24.0 Å². The second-order valence-electron chi connectivity index (χ2n) is 4.08. The molecule has 4 heteroatoms. The van der Waals surface area contributed by atoms with Crippen molar-refractivity contribution >= 4 is 28.4 Å². The average Bonchev–Trinajstić information content (AvgIpc) is 2.41. The van der Waals surface area contributed by atoms with Gasteiger partial charge in [-0.1, -0.05) is 18.8 Å². The Morgan fingerprint density at radius 3 is 2.80 bits per heavy atom. The van der Waals surface area contributed by atoms with Gasteiger partial charge in [-0.05, 0) is 25.3 Å². The summed E-state index contributed by atoms with van der Waals surface area (Å²) in [4.78, 5) is 0. The molecule has 0 aromatic rings. The van der Waals surface area contributed by atoms with Gasteiger partial charge in [0.15, 0.2) is 0 Å². The molecule has 1 unspecified atom stereocenters. The highest BCUT2D eigenvalue weighted by Gasteiger charge is 2.42. The quantitative estimate of drug-likeness (QED) is 0.232. The molecule has 0 aromatic carbocycles. The van der Waals surface area contributed by atoms with Crippen molar-refractivity contribution in [3.63, 3.8) is 0 Å². The number of hydrogen-bond acceptors (Lipinski definition) is 2. The van der Waals surface area contributed by atoms with Crippen LogP contribution in [0.15, 0.2) is 23.9 Å². The molecule has 0 N–H and O–H groups in total. The largest absolute Gasteiger partial charge is 1.00 e. The van der Waals surface area contributed by atoms with Crippen LogP contribution in [0.5, 0.6) is 0 Å². The van der Waals surface area contributed by atoms with Crippen LogP contribution >= 0.6 is 24.2 Å². The molecule has 0 spiro atoms. The summed E-state index contributed by atoms with van der Waals surface area (Å²) in [6.07, 6.45) is 7.07. The van der Waals surface area contributed by atoms with Crippen molar-refractivity contribution in [1.82, 2.24) is 0 Å². The number of allylic oxidation sites excluding steroid dienone is 1. The Hall–Kier alpha value is 0.610. The van der Waals surface area contributed by atoms with E-state index < -0.39 is 0 Å². The van der Waals surface area contributed by atoms with Gasteiger partial charge in [0.05, 0.1) is 7.05 Å². The van der Waals surface area contributed by atoms with Crippen LogP contribution in [0.25, 0.3) is 0 Å². The molecule has 0 saturated heterocycles. The van der Waals surface area contributed by atoms with Crippen LogP contribution in [-0.4, -0.2) is 21.7 Å². The van der Waals surface area contributed by atoms with Gasteiger partial charge >= 0.3 is 0 Å². The monoisotopic (exact) mass is 353 g/mol. The van der Waals surface area contributed by atoms with Gasteiger partial charge in [0.25, 0.3) is 0 Å². The minimum absolute atomic E-state index is 0. The fourth-order valence-electron chi connectivity index (χ4n) is 2.32. The number of likely N-dealkylation sites (N-methyl/N-ethyl adjacent to an activating group) is 1. The summed E-state index contributed by atoms with van der Waals surface area (Å²) in [5, 5.41) is 0. The number of nitrogens with zero attached hydrogens (tertiary/aromatic N) is 1. The molecule has 1 aliphatic carbocycles. The van der Waals surface area contributed by atoms with E-state index in [1.54, 1.807) is 5.70 Å². The fourth-order valence-corrected chi connectivity index (χ4v) is 4.22. The van der Waals surface area contributed by atoms with Crippen LogP contribution in [0, 0.1) is 0 Å². The van der Waals surface area contributed by atoms with Gasteiger partial charge in [-0.25, -0.2) is 3.89 Å². The minimum atomic E-state index is 0. The van der Waals surface area contributed by atoms with Crippen molar-refractivity contribution in [2.75, 3.05) is 13.6 Å². The SMILES string of the molecule is C=CC[N+]1(C)SC(=S)C2=C1CCCC2.[I-]. The highest BCUT2D eigenvalue weighted by atomic mass is 127. The third-order valence-corrected chi connectivity index (χ3v) is 4.67. The smallest absolute Gasteiger partial charge is 0.138 e. The molecule has 0 aromatic heterocycles. The van der Waals surface area contributed by atoms with Crippen LogP contribution in [0.4, 0.5) is 0 Å². The topological polar surface area (TPSA) is 0 Å². The Labute approximate surface area is 119 Å². The van der Waals surface area contributed by atoms with Crippen LogP contribution in [0.3, 0.4) is 0 Å². The van der Waals surface area contributed by atoms with Crippen LogP contribution in [-0.2, 0) is 0 Å². The molecule has 1 heterocycles. The second-order valence-corrected chi connectivity index (χ2v) is 6.15. The molecule has 15 heavy (non-hydrogen) atoms. The Balaban J connectivity index is 0.00000112. The lowest BCUT2D eigenvalue weighted by Gasteiger charge is -2.28. The number of thiocarbonyl (C=S) groups is 1. The second kappa shape index (κ2) is 5.29. The minimum Gasteiger partial charge on any atom is -1.00 e. The maximum absolute atomic E-state index is 5.44. The lowest BCUT2D eigenvalue weighted by atomic mass is 9.97. The zero-order valence-electron chi connectivity index (χ0n) is 8.96. The number of quaternary nitrogens is 1. The van der Waals surface area contributed by atoms with Crippen molar-refractivity contribution in [1.29, 1.82) is 0 Å². The lowest BCUT2D eigenvalue weighted by Crippen LogP contribution is -3.00. The Kier molecular flexibility index (Phi) is 4.83. The molecular weight excluding hydrogens is 337 g/mol. The average molecular weight is 353 g/mol. The molecule has 0 saturated carbocycles. The highest BCUT2D eigenvalue weighted by molar-refractivity contribution is 8.20. The zero-order chi connectivity index (χ0) is 10.2. The first-order valence-electron chi connectivity index (χ1n) is 5.10. The molecule has 0 amide bonds. The summed E-state index contributed by atoms with van der Waals surface area (Å²) in [5.74, 6) is 0. The van der Waals surface area contributed by atoms with Crippen LogP contribution in [0.2, 0.25) is 0 Å². The van der Waals surface area contributed by atoms with E-state index in [-0.39, 0.29) is 24.0 Å². The standard InChI is InChI=1S/C11H16NS2.HI/c1-3-8-12(2)10-7-5-4-6-9(10)11(13)14-12;/h3H,1,4-8H2,2H3;1H/q+1;/p-1. The summed E-state index contributed by atoms with van der Waals surface area (Å²) < 4.78 is 2.06. The summed E-state index contributed by atoms with van der Waals surface area (Å²) in [7, 11) is 2.26. The van der Waals surface area contributed by atoms with Crippen molar-refractivity contribution in [3.05, 3.63) is 23.9 Å². The van der Waals surface area contributed by atoms with Crippen molar-refractivity contribution in [2.45, 2.75) is 25.7 Å². The first kappa shape index (κ1) is 13.7. The predicted molar refractivity (Wildman–Crippen MR) is 66.9 cm³/mol. The summed E-state index contributed by atoms with van der Waals surface area (Å²) in [6.45, 7) is 4.83. The molecule has 1 atom stereocenters. The van der Waals surface area contributed by atoms with Gasteiger partial charge in [0.1, 0.15) is 28.4 Å². The van der Waals surface area contributed by atoms with Gasteiger partial charge in [-0.3, -0.25) is 0 Å². The summed E-state index contributed by atoms with van der Waals surface area (Å²) in [5.41, 5.74) is 3.03. The third kappa shape index (κ3) is 2.48. The van der Waals surface area contributed by atoms with Gasteiger partial charge in [0.2, 0.25) is 0 Å². The van der Waals surface area contributed by atoms with Crippen LogP contribution in [0.1, 0.15) is 25.7 Å². The van der Waals surface area contributed by atoms with E-state index in [9.17, 15) is 0 Å². The Bertz CT molecular complexity index is 325. The first-order valence-corrected chi connectivity index (χ1v) is 6.28. The molecule has 1 aliphatic heterocycles. The molecule has 2 aliphatic rings. The fraction of sp³-hybridized carbons (Fsp3) is 0.545. The number of rotatable bonds is 2. The van der Waals surface area contributed by atoms with Gasteiger partial charge in [0, 0.05) is 12.0 Å². The summed E-state index contributed by atoms with van der Waals surface area (Å²) >= 11 is 7.26. The molecule has 0 bridgehead atoms. The Morgan fingerprint density at radius 1 is 1.47 bits per heavy atom. The maximum atomic E-state index is 5.44. The van der Waals surface area contributed by atoms with Crippen molar-refractivity contribution in [2.24, 2.45) is 0 Å². The van der Waals surface area contributed by atoms with Crippen LogP contribution < -0.4 is 24.0 Å². The van der Waals surface area contributed by atoms with E-state index in [0.29, 0.717) is 0 Å². The van der Waals surface area contributed by atoms with E-state index in [0.717, 1.165) is 14.6 Å². The van der Waals surface area contributed by atoms with E-state index >= 15 is 0 Å². The molecule has 2 rings (SSSR count). The normalized spacial score (nSPS) is 29.8. The number of halogens is 1. The highest BCUT2D eigenvalue weighted by Crippen LogP contribution is 2.46. The molecular formula is C11H16INS2. The first-order chi connectivity index (χ1) is 6.67. The van der Waals surface area contributed by atoms with E-state index in [1.165, 1.54) is 31.3 Å². The van der Waals surface area contributed by atoms with Crippen molar-refractivity contribution < 1.29 is 27.9 Å². The van der Waals surface area contributed by atoms with Gasteiger partial charge in [-0.2, -0.15) is 0 Å². The molecule has 0 radical (unpaired) electrons. The van der Waals surface area contributed by atoms with E-state index in [4.69, 9.17) is 12.2 Å².